The lowest BCUT2D eigenvalue weighted by molar-refractivity contribution is -0.137. The molecule has 150 valence electrons. The van der Waals surface area contributed by atoms with Gasteiger partial charge in [-0.05, 0) is 18.2 Å². The van der Waals surface area contributed by atoms with Crippen LogP contribution < -0.4 is 9.47 Å². The molecule has 1 fully saturated rings. The Kier molecular flexibility index (Phi) is 5.53. The number of hydrogen-bond acceptors (Lipinski definition) is 7. The van der Waals surface area contributed by atoms with Crippen LogP contribution in [0, 0.1) is 0 Å². The lowest BCUT2D eigenvalue weighted by atomic mass is 10.1. The quantitative estimate of drug-likeness (QED) is 0.656. The molecule has 0 N–H and O–H groups in total. The van der Waals surface area contributed by atoms with E-state index in [1.54, 1.807) is 31.3 Å². The molecule has 1 saturated heterocycles. The van der Waals surface area contributed by atoms with Crippen LogP contribution >= 0.6 is 0 Å². The minimum absolute atomic E-state index is 0.0350. The number of pyridine rings is 1. The zero-order valence-electron chi connectivity index (χ0n) is 16.4. The van der Waals surface area contributed by atoms with E-state index in [1.807, 2.05) is 30.3 Å². The molecular weight excluding hydrogens is 372 g/mol. The van der Waals surface area contributed by atoms with Gasteiger partial charge in [-0.25, -0.2) is 9.97 Å². The minimum atomic E-state index is -0.221. The summed E-state index contributed by atoms with van der Waals surface area (Å²) in [6.07, 6.45) is 3.02. The Morgan fingerprint density at radius 3 is 2.97 bits per heavy atom. The summed E-state index contributed by atoms with van der Waals surface area (Å²) in [6, 6.07) is 9.51. The van der Waals surface area contributed by atoms with Gasteiger partial charge in [-0.2, -0.15) is 0 Å². The maximum Gasteiger partial charge on any atom is 0.242 e. The zero-order valence-corrected chi connectivity index (χ0v) is 16.4. The fourth-order valence-electron chi connectivity index (χ4n) is 3.25. The summed E-state index contributed by atoms with van der Waals surface area (Å²) in [5.41, 5.74) is 2.86. The van der Waals surface area contributed by atoms with Crippen molar-refractivity contribution < 1.29 is 19.0 Å². The number of ether oxygens (including phenoxy) is 3. The first-order valence-corrected chi connectivity index (χ1v) is 9.40. The smallest absolute Gasteiger partial charge is 0.242 e. The fraction of sp³-hybridized carbons (Fsp3) is 0.333. The van der Waals surface area contributed by atoms with E-state index in [4.69, 9.17) is 14.2 Å². The molecule has 1 amide bonds. The van der Waals surface area contributed by atoms with Crippen LogP contribution in [-0.4, -0.2) is 65.3 Å². The topological polar surface area (TPSA) is 86.7 Å². The number of methoxy groups -OCH3 is 1. The molecule has 3 aromatic rings. The molecule has 3 heterocycles. The van der Waals surface area contributed by atoms with Gasteiger partial charge in [-0.15, -0.1) is 0 Å². The average molecular weight is 394 g/mol. The Morgan fingerprint density at radius 1 is 1.28 bits per heavy atom. The van der Waals surface area contributed by atoms with E-state index >= 15 is 0 Å². The molecule has 1 aliphatic rings. The summed E-state index contributed by atoms with van der Waals surface area (Å²) in [7, 11) is 1.63. The van der Waals surface area contributed by atoms with Crippen LogP contribution in [0.1, 0.15) is 6.92 Å². The third-order valence-electron chi connectivity index (χ3n) is 4.78. The first-order chi connectivity index (χ1) is 14.1. The molecule has 0 aliphatic carbocycles. The maximum absolute atomic E-state index is 11.6. The van der Waals surface area contributed by atoms with Gasteiger partial charge in [0.2, 0.25) is 11.8 Å². The van der Waals surface area contributed by atoms with Crippen LogP contribution in [-0.2, 0) is 9.53 Å². The van der Waals surface area contributed by atoms with Crippen molar-refractivity contribution >= 4 is 16.9 Å². The highest BCUT2D eigenvalue weighted by molar-refractivity contribution is 5.83. The Balaban J connectivity index is 1.62. The number of hydrogen-bond donors (Lipinski definition) is 0. The van der Waals surface area contributed by atoms with Gasteiger partial charge >= 0.3 is 0 Å². The van der Waals surface area contributed by atoms with Gasteiger partial charge in [0.1, 0.15) is 18.5 Å². The second-order valence-electron chi connectivity index (χ2n) is 6.74. The van der Waals surface area contributed by atoms with E-state index in [1.165, 1.54) is 0 Å². The molecule has 0 saturated carbocycles. The highest BCUT2D eigenvalue weighted by Gasteiger charge is 2.23. The lowest BCUT2D eigenvalue weighted by Gasteiger charge is -2.32. The van der Waals surface area contributed by atoms with Crippen LogP contribution in [0.4, 0.5) is 0 Å². The average Bonchev–Trinajstić information content (AvgIpc) is 2.77. The van der Waals surface area contributed by atoms with E-state index < -0.39 is 0 Å². The van der Waals surface area contributed by atoms with E-state index in [0.717, 1.165) is 11.3 Å². The Bertz CT molecular complexity index is 1030. The van der Waals surface area contributed by atoms with Gasteiger partial charge in [0.05, 0.1) is 31.5 Å². The van der Waals surface area contributed by atoms with Crippen LogP contribution in [0.2, 0.25) is 0 Å². The molecule has 0 bridgehead atoms. The number of fused-ring (bicyclic) bond motifs is 1. The molecule has 1 aromatic carbocycles. The molecule has 8 nitrogen and oxygen atoms in total. The molecule has 1 aliphatic heterocycles. The monoisotopic (exact) mass is 394 g/mol. The predicted octanol–water partition coefficient (Wildman–Crippen LogP) is 2.33. The number of aromatic nitrogens is 3. The molecule has 4 rings (SSSR count). The number of morpholine rings is 1. The summed E-state index contributed by atoms with van der Waals surface area (Å²) in [5, 5.41) is 0. The molecule has 0 unspecified atom stereocenters. The summed E-state index contributed by atoms with van der Waals surface area (Å²) in [5.74, 6) is 1.16. The normalized spacial score (nSPS) is 16.6. The summed E-state index contributed by atoms with van der Waals surface area (Å²) < 4.78 is 17.1. The molecule has 0 radical (unpaired) electrons. The molecule has 29 heavy (non-hydrogen) atoms. The summed E-state index contributed by atoms with van der Waals surface area (Å²) in [6.45, 7) is 3.42. The van der Waals surface area contributed by atoms with Crippen molar-refractivity contribution in [3.05, 3.63) is 42.7 Å². The van der Waals surface area contributed by atoms with Gasteiger partial charge in [-0.3, -0.25) is 9.78 Å². The number of amides is 1. The van der Waals surface area contributed by atoms with E-state index in [9.17, 15) is 4.79 Å². The van der Waals surface area contributed by atoms with Gasteiger partial charge in [0, 0.05) is 31.4 Å². The molecule has 1 atom stereocenters. The first-order valence-electron chi connectivity index (χ1n) is 9.40. The fourth-order valence-corrected chi connectivity index (χ4v) is 3.25. The standard InChI is InChI=1S/C21H22N4O4/c1-14(26)25-8-9-28-17(12-25)13-29-21-20-19(22-6-7-23-20)11-18(24-21)15-4-3-5-16(10-15)27-2/h3-7,10-11,17H,8-9,12-13H2,1-2H3/t17-/m0/s1. The predicted molar refractivity (Wildman–Crippen MR) is 107 cm³/mol. The van der Waals surface area contributed by atoms with Gasteiger partial charge in [-0.1, -0.05) is 12.1 Å². The van der Waals surface area contributed by atoms with Gasteiger partial charge in [0.15, 0.2) is 5.52 Å². The summed E-state index contributed by atoms with van der Waals surface area (Å²) in [4.78, 5) is 26.8. The number of carbonyl (C=O) groups is 1. The van der Waals surface area contributed by atoms with Gasteiger partial charge in [0.25, 0.3) is 0 Å². The molecule has 2 aromatic heterocycles. The van der Waals surface area contributed by atoms with Gasteiger partial charge < -0.3 is 19.1 Å². The largest absolute Gasteiger partial charge is 0.497 e. The second-order valence-corrected chi connectivity index (χ2v) is 6.74. The number of benzene rings is 1. The van der Waals surface area contributed by atoms with Crippen molar-refractivity contribution in [1.29, 1.82) is 0 Å². The molecule has 0 spiro atoms. The lowest BCUT2D eigenvalue weighted by Crippen LogP contribution is -2.46. The van der Waals surface area contributed by atoms with Crippen LogP contribution in [0.3, 0.4) is 0 Å². The Morgan fingerprint density at radius 2 is 2.14 bits per heavy atom. The van der Waals surface area contributed by atoms with E-state index in [0.29, 0.717) is 42.3 Å². The van der Waals surface area contributed by atoms with Crippen molar-refractivity contribution in [2.75, 3.05) is 33.4 Å². The second kappa shape index (κ2) is 8.40. The van der Waals surface area contributed by atoms with E-state index in [-0.39, 0.29) is 18.6 Å². The number of rotatable bonds is 5. The van der Waals surface area contributed by atoms with Crippen molar-refractivity contribution in [1.82, 2.24) is 19.9 Å². The molecular formula is C21H22N4O4. The van der Waals surface area contributed by atoms with Crippen molar-refractivity contribution in [2.24, 2.45) is 0 Å². The number of carbonyl (C=O) groups excluding carboxylic acids is 1. The minimum Gasteiger partial charge on any atom is -0.497 e. The highest BCUT2D eigenvalue weighted by Crippen LogP contribution is 2.29. The van der Waals surface area contributed by atoms with E-state index in [2.05, 4.69) is 15.0 Å². The van der Waals surface area contributed by atoms with Crippen LogP contribution in [0.5, 0.6) is 11.6 Å². The Hall–Kier alpha value is -3.26. The SMILES string of the molecule is COc1cccc(-c2cc3nccnc3c(OC[C@@H]3CN(C(C)=O)CCO3)n2)c1. The Labute approximate surface area is 168 Å². The number of nitrogens with zero attached hydrogens (tertiary/aromatic N) is 4. The van der Waals surface area contributed by atoms with Crippen molar-refractivity contribution in [3.8, 4) is 22.9 Å². The summed E-state index contributed by atoms with van der Waals surface area (Å²) >= 11 is 0. The van der Waals surface area contributed by atoms with Crippen LogP contribution in [0.15, 0.2) is 42.7 Å². The highest BCUT2D eigenvalue weighted by atomic mass is 16.5. The third kappa shape index (κ3) is 4.27. The van der Waals surface area contributed by atoms with Crippen molar-refractivity contribution in [2.45, 2.75) is 13.0 Å². The van der Waals surface area contributed by atoms with Crippen LogP contribution in [0.25, 0.3) is 22.3 Å². The third-order valence-corrected chi connectivity index (χ3v) is 4.78. The zero-order chi connectivity index (χ0) is 20.2. The van der Waals surface area contributed by atoms with Crippen molar-refractivity contribution in [3.63, 3.8) is 0 Å². The maximum atomic E-state index is 11.6. The molecule has 8 heteroatoms. The first kappa shape index (κ1) is 19.1.